The van der Waals surface area contributed by atoms with Crippen molar-refractivity contribution in [1.29, 1.82) is 0 Å². The average Bonchev–Trinajstić information content (AvgIpc) is 2.09. The number of nitrogens with one attached hydrogen (secondary N) is 2. The van der Waals surface area contributed by atoms with Crippen LogP contribution in [-0.4, -0.2) is 30.9 Å². The van der Waals surface area contributed by atoms with Gasteiger partial charge in [0.05, 0.1) is 0 Å². The highest BCUT2D eigenvalue weighted by Gasteiger charge is 2.21. The minimum Gasteiger partial charge on any atom is -0.351 e. The van der Waals surface area contributed by atoms with Crippen molar-refractivity contribution >= 4 is 17.5 Å². The van der Waals surface area contributed by atoms with Crippen LogP contribution in [0, 0.1) is 5.92 Å². The van der Waals surface area contributed by atoms with Gasteiger partial charge in [0, 0.05) is 12.6 Å². The van der Waals surface area contributed by atoms with E-state index in [4.69, 9.17) is 11.6 Å². The van der Waals surface area contributed by atoms with Crippen LogP contribution in [0.5, 0.6) is 0 Å². The summed E-state index contributed by atoms with van der Waals surface area (Å²) in [5, 5.41) is 6.12. The molecular formula is C8H15ClN2O. The molecule has 0 bridgehead atoms. The van der Waals surface area contributed by atoms with E-state index in [1.165, 1.54) is 0 Å². The SMILES string of the molecule is CC1CCNCC1NC(=O)CCl. The minimum absolute atomic E-state index is 0.0588. The van der Waals surface area contributed by atoms with Crippen LogP contribution in [0.15, 0.2) is 0 Å². The Morgan fingerprint density at radius 1 is 1.75 bits per heavy atom. The van der Waals surface area contributed by atoms with Crippen molar-refractivity contribution in [2.24, 2.45) is 5.92 Å². The second kappa shape index (κ2) is 4.67. The zero-order chi connectivity index (χ0) is 8.97. The van der Waals surface area contributed by atoms with Gasteiger partial charge in [0.1, 0.15) is 5.88 Å². The second-order valence-corrected chi connectivity index (χ2v) is 3.54. The molecule has 1 saturated heterocycles. The maximum atomic E-state index is 11.0. The highest BCUT2D eigenvalue weighted by molar-refractivity contribution is 6.27. The molecule has 0 aromatic heterocycles. The first kappa shape index (κ1) is 9.81. The van der Waals surface area contributed by atoms with Crippen LogP contribution < -0.4 is 10.6 Å². The number of piperidine rings is 1. The lowest BCUT2D eigenvalue weighted by Gasteiger charge is -2.29. The Bertz CT molecular complexity index is 163. The van der Waals surface area contributed by atoms with Crippen LogP contribution >= 0.6 is 11.6 Å². The normalized spacial score (nSPS) is 29.8. The molecule has 1 aliphatic heterocycles. The quantitative estimate of drug-likeness (QED) is 0.617. The highest BCUT2D eigenvalue weighted by Crippen LogP contribution is 2.10. The first-order valence-electron chi connectivity index (χ1n) is 4.30. The number of rotatable bonds is 2. The van der Waals surface area contributed by atoms with Crippen molar-refractivity contribution in [3.05, 3.63) is 0 Å². The van der Waals surface area contributed by atoms with E-state index in [1.807, 2.05) is 0 Å². The fraction of sp³-hybridized carbons (Fsp3) is 0.875. The standard InChI is InChI=1S/C8H15ClN2O/c1-6-2-3-10-5-7(6)11-8(12)4-9/h6-7,10H,2-5H2,1H3,(H,11,12). The average molecular weight is 191 g/mol. The number of carbonyl (C=O) groups excluding carboxylic acids is 1. The van der Waals surface area contributed by atoms with E-state index in [2.05, 4.69) is 17.6 Å². The molecule has 1 fully saturated rings. The van der Waals surface area contributed by atoms with E-state index in [0.717, 1.165) is 19.5 Å². The summed E-state index contributed by atoms with van der Waals surface area (Å²) in [5.41, 5.74) is 0. The first-order valence-corrected chi connectivity index (χ1v) is 4.83. The van der Waals surface area contributed by atoms with Crippen LogP contribution in [0.4, 0.5) is 0 Å². The molecule has 12 heavy (non-hydrogen) atoms. The smallest absolute Gasteiger partial charge is 0.235 e. The van der Waals surface area contributed by atoms with Gasteiger partial charge in [0.25, 0.3) is 0 Å². The van der Waals surface area contributed by atoms with Crippen LogP contribution in [0.25, 0.3) is 0 Å². The van der Waals surface area contributed by atoms with E-state index in [0.29, 0.717) is 5.92 Å². The van der Waals surface area contributed by atoms with Crippen molar-refractivity contribution < 1.29 is 4.79 Å². The van der Waals surface area contributed by atoms with Gasteiger partial charge in [0.15, 0.2) is 0 Å². The Hall–Kier alpha value is -0.280. The Balaban J connectivity index is 2.33. The predicted molar refractivity (Wildman–Crippen MR) is 49.3 cm³/mol. The number of carbonyl (C=O) groups is 1. The lowest BCUT2D eigenvalue weighted by molar-refractivity contribution is -0.119. The molecule has 2 N–H and O–H groups in total. The van der Waals surface area contributed by atoms with E-state index in [1.54, 1.807) is 0 Å². The molecule has 1 amide bonds. The third kappa shape index (κ3) is 2.64. The van der Waals surface area contributed by atoms with Crippen molar-refractivity contribution in [3.8, 4) is 0 Å². The first-order chi connectivity index (χ1) is 5.74. The van der Waals surface area contributed by atoms with E-state index >= 15 is 0 Å². The minimum atomic E-state index is -0.0720. The summed E-state index contributed by atoms with van der Waals surface area (Å²) in [4.78, 5) is 11.0. The number of alkyl halides is 1. The summed E-state index contributed by atoms with van der Waals surface area (Å²) in [5.74, 6) is 0.541. The van der Waals surface area contributed by atoms with Crippen molar-refractivity contribution in [2.45, 2.75) is 19.4 Å². The molecule has 0 aromatic carbocycles. The summed E-state index contributed by atoms with van der Waals surface area (Å²) in [6.07, 6.45) is 1.12. The molecule has 0 aromatic rings. The molecule has 2 atom stereocenters. The van der Waals surface area contributed by atoms with Crippen LogP contribution in [0.2, 0.25) is 0 Å². The van der Waals surface area contributed by atoms with Gasteiger partial charge in [-0.3, -0.25) is 4.79 Å². The van der Waals surface area contributed by atoms with Crippen molar-refractivity contribution in [3.63, 3.8) is 0 Å². The third-order valence-electron chi connectivity index (χ3n) is 2.30. The van der Waals surface area contributed by atoms with Gasteiger partial charge in [-0.25, -0.2) is 0 Å². The third-order valence-corrected chi connectivity index (χ3v) is 2.54. The zero-order valence-corrected chi connectivity index (χ0v) is 8.03. The van der Waals surface area contributed by atoms with Gasteiger partial charge >= 0.3 is 0 Å². The topological polar surface area (TPSA) is 41.1 Å². The largest absolute Gasteiger partial charge is 0.351 e. The van der Waals surface area contributed by atoms with Gasteiger partial charge < -0.3 is 10.6 Å². The molecule has 1 rings (SSSR count). The Morgan fingerprint density at radius 3 is 3.08 bits per heavy atom. The van der Waals surface area contributed by atoms with E-state index in [-0.39, 0.29) is 17.8 Å². The summed E-state index contributed by atoms with van der Waals surface area (Å²) < 4.78 is 0. The lowest BCUT2D eigenvalue weighted by Crippen LogP contribution is -2.50. The van der Waals surface area contributed by atoms with Gasteiger partial charge in [-0.2, -0.15) is 0 Å². The molecular weight excluding hydrogens is 176 g/mol. The Kier molecular flexibility index (Phi) is 3.82. The van der Waals surface area contributed by atoms with Gasteiger partial charge in [-0.1, -0.05) is 6.92 Å². The monoisotopic (exact) mass is 190 g/mol. The molecule has 3 nitrogen and oxygen atoms in total. The van der Waals surface area contributed by atoms with Crippen LogP contribution in [-0.2, 0) is 4.79 Å². The molecule has 4 heteroatoms. The van der Waals surface area contributed by atoms with Crippen molar-refractivity contribution in [2.75, 3.05) is 19.0 Å². The molecule has 0 radical (unpaired) electrons. The van der Waals surface area contributed by atoms with Gasteiger partial charge in [-0.05, 0) is 18.9 Å². The van der Waals surface area contributed by atoms with Crippen LogP contribution in [0.1, 0.15) is 13.3 Å². The fourth-order valence-electron chi connectivity index (χ4n) is 1.43. The second-order valence-electron chi connectivity index (χ2n) is 3.28. The summed E-state index contributed by atoms with van der Waals surface area (Å²) >= 11 is 5.39. The van der Waals surface area contributed by atoms with E-state index in [9.17, 15) is 4.79 Å². The van der Waals surface area contributed by atoms with Crippen molar-refractivity contribution in [1.82, 2.24) is 10.6 Å². The molecule has 2 unspecified atom stereocenters. The summed E-state index contributed by atoms with van der Waals surface area (Å²) in [6.45, 7) is 4.07. The maximum Gasteiger partial charge on any atom is 0.235 e. The Labute approximate surface area is 77.9 Å². The molecule has 1 aliphatic rings. The van der Waals surface area contributed by atoms with Crippen LogP contribution in [0.3, 0.4) is 0 Å². The number of hydrogen-bond donors (Lipinski definition) is 2. The zero-order valence-electron chi connectivity index (χ0n) is 7.27. The molecule has 0 aliphatic carbocycles. The number of halogens is 1. The van der Waals surface area contributed by atoms with Gasteiger partial charge in [0.2, 0.25) is 5.91 Å². The number of amides is 1. The van der Waals surface area contributed by atoms with E-state index < -0.39 is 0 Å². The highest BCUT2D eigenvalue weighted by atomic mass is 35.5. The van der Waals surface area contributed by atoms with Gasteiger partial charge in [-0.15, -0.1) is 11.6 Å². The summed E-state index contributed by atoms with van der Waals surface area (Å²) in [6, 6.07) is 0.255. The molecule has 1 heterocycles. The number of hydrogen-bond acceptors (Lipinski definition) is 2. The predicted octanol–water partition coefficient (Wildman–Crippen LogP) is 0.339. The molecule has 0 saturated carbocycles. The Morgan fingerprint density at radius 2 is 2.50 bits per heavy atom. The molecule has 70 valence electrons. The lowest BCUT2D eigenvalue weighted by atomic mass is 9.95. The maximum absolute atomic E-state index is 11.0. The summed E-state index contributed by atoms with van der Waals surface area (Å²) in [7, 11) is 0. The fourth-order valence-corrected chi connectivity index (χ4v) is 1.51. The molecule has 0 spiro atoms.